The number of hydrogen-bond donors (Lipinski definition) is 3. The number of carboxylic acids is 1. The van der Waals surface area contributed by atoms with Crippen LogP contribution < -0.4 is 11.5 Å². The van der Waals surface area contributed by atoms with Crippen LogP contribution in [0.1, 0.15) is 41.5 Å². The second kappa shape index (κ2) is 9.23. The van der Waals surface area contributed by atoms with E-state index < -0.39 is 47.6 Å². The maximum absolute atomic E-state index is 12.6. The molecule has 0 saturated heterocycles. The summed E-state index contributed by atoms with van der Waals surface area (Å²) in [5.74, 6) is -3.10. The molecular weight excluding hydrogens is 330 g/mol. The summed E-state index contributed by atoms with van der Waals surface area (Å²) >= 11 is 0. The topological polar surface area (TPSA) is 145 Å². The fourth-order valence-electron chi connectivity index (χ4n) is 1.72. The maximum Gasteiger partial charge on any atom is 0.329 e. The molecule has 0 saturated carbocycles. The second-order valence-corrected chi connectivity index (χ2v) is 7.61. The quantitative estimate of drug-likeness (QED) is 0.535. The van der Waals surface area contributed by atoms with E-state index in [1.54, 1.807) is 41.5 Å². The van der Waals surface area contributed by atoms with Crippen molar-refractivity contribution in [3.8, 4) is 0 Å². The van der Waals surface area contributed by atoms with Gasteiger partial charge in [0.15, 0.2) is 6.04 Å². The third kappa shape index (κ3) is 8.92. The lowest BCUT2D eigenvalue weighted by molar-refractivity contribution is -0.164. The summed E-state index contributed by atoms with van der Waals surface area (Å²) in [5.41, 5.74) is 9.93. The van der Waals surface area contributed by atoms with Crippen LogP contribution >= 0.6 is 0 Å². The highest BCUT2D eigenvalue weighted by Crippen LogP contribution is 2.13. The second-order valence-electron chi connectivity index (χ2n) is 7.61. The molecular formula is C16H31N3O6. The smallest absolute Gasteiger partial charge is 0.329 e. The first-order valence-electron chi connectivity index (χ1n) is 8.02. The lowest BCUT2D eigenvalue weighted by Crippen LogP contribution is -2.58. The third-order valence-electron chi connectivity index (χ3n) is 2.96. The molecule has 5 N–H and O–H groups in total. The average molecular weight is 361 g/mol. The monoisotopic (exact) mass is 361 g/mol. The van der Waals surface area contributed by atoms with Gasteiger partial charge in [0.1, 0.15) is 6.04 Å². The van der Waals surface area contributed by atoms with E-state index in [0.29, 0.717) is 4.90 Å². The van der Waals surface area contributed by atoms with Gasteiger partial charge in [-0.25, -0.2) is 4.79 Å². The van der Waals surface area contributed by atoms with Gasteiger partial charge < -0.3 is 26.0 Å². The predicted octanol–water partition coefficient (Wildman–Crippen LogP) is -0.289. The Morgan fingerprint density at radius 3 is 1.80 bits per heavy atom. The molecule has 0 radical (unpaired) electrons. The van der Waals surface area contributed by atoms with Gasteiger partial charge in [0.05, 0.1) is 31.0 Å². The summed E-state index contributed by atoms with van der Waals surface area (Å²) in [6, 6.07) is -2.73. The van der Waals surface area contributed by atoms with Crippen molar-refractivity contribution in [2.45, 2.75) is 64.8 Å². The maximum atomic E-state index is 12.6. The van der Waals surface area contributed by atoms with E-state index in [0.717, 1.165) is 0 Å². The SMILES string of the molecule is CC(C)(C)OC[C@H](N)C(=O)N(C(=O)CN)[C@@H](COC(C)(C)C)C(=O)O. The summed E-state index contributed by atoms with van der Waals surface area (Å²) < 4.78 is 10.9. The van der Waals surface area contributed by atoms with Crippen LogP contribution in [0.25, 0.3) is 0 Å². The van der Waals surface area contributed by atoms with Gasteiger partial charge in [-0.3, -0.25) is 14.5 Å². The lowest BCUT2D eigenvalue weighted by atomic mass is 10.1. The molecule has 0 fully saturated rings. The number of nitrogens with zero attached hydrogens (tertiary/aromatic N) is 1. The molecule has 9 nitrogen and oxygen atoms in total. The van der Waals surface area contributed by atoms with Gasteiger partial charge in [-0.05, 0) is 41.5 Å². The fraction of sp³-hybridized carbons (Fsp3) is 0.812. The Hall–Kier alpha value is -1.55. The number of ether oxygens (including phenoxy) is 2. The molecule has 9 heteroatoms. The predicted molar refractivity (Wildman–Crippen MR) is 91.7 cm³/mol. The number of hydrogen-bond acceptors (Lipinski definition) is 7. The van der Waals surface area contributed by atoms with Gasteiger partial charge in [-0.2, -0.15) is 0 Å². The van der Waals surface area contributed by atoms with Crippen LogP contribution in [0.3, 0.4) is 0 Å². The Bertz CT molecular complexity index is 481. The first kappa shape index (κ1) is 23.4. The first-order chi connectivity index (χ1) is 11.2. The van der Waals surface area contributed by atoms with Gasteiger partial charge >= 0.3 is 5.97 Å². The van der Waals surface area contributed by atoms with Gasteiger partial charge in [0, 0.05) is 0 Å². The van der Waals surface area contributed by atoms with E-state index in [1.807, 2.05) is 0 Å². The molecule has 0 aliphatic rings. The van der Waals surface area contributed by atoms with E-state index in [-0.39, 0.29) is 13.2 Å². The molecule has 2 amide bonds. The van der Waals surface area contributed by atoms with E-state index in [4.69, 9.17) is 20.9 Å². The Morgan fingerprint density at radius 1 is 1.00 bits per heavy atom. The number of amides is 2. The van der Waals surface area contributed by atoms with Crippen LogP contribution in [0.4, 0.5) is 0 Å². The van der Waals surface area contributed by atoms with Crippen molar-refractivity contribution in [1.82, 2.24) is 4.90 Å². The van der Waals surface area contributed by atoms with Crippen molar-refractivity contribution in [3.05, 3.63) is 0 Å². The zero-order chi connectivity index (χ0) is 20.0. The first-order valence-corrected chi connectivity index (χ1v) is 8.02. The molecule has 0 aromatic rings. The molecule has 146 valence electrons. The highest BCUT2D eigenvalue weighted by molar-refractivity contribution is 6.02. The Morgan fingerprint density at radius 2 is 1.44 bits per heavy atom. The standard InChI is InChI=1S/C16H31N3O6/c1-15(2,3)24-8-10(18)13(21)19(12(20)7-17)11(14(22)23)9-25-16(4,5)6/h10-11H,7-9,17-18H2,1-6H3,(H,22,23)/t10-,11-/m0/s1. The summed E-state index contributed by atoms with van der Waals surface area (Å²) in [7, 11) is 0. The Balaban J connectivity index is 5.39. The fourth-order valence-corrected chi connectivity index (χ4v) is 1.72. The minimum atomic E-state index is -1.52. The summed E-state index contributed by atoms with van der Waals surface area (Å²) in [4.78, 5) is 36.8. The number of rotatable bonds is 8. The van der Waals surface area contributed by atoms with Crippen LogP contribution in [0.5, 0.6) is 0 Å². The normalized spacial score (nSPS) is 14.7. The van der Waals surface area contributed by atoms with E-state index in [1.165, 1.54) is 0 Å². The number of imide groups is 1. The molecule has 0 heterocycles. The molecule has 0 aromatic heterocycles. The number of carboxylic acid groups (broad SMARTS) is 1. The van der Waals surface area contributed by atoms with Gasteiger partial charge in [-0.1, -0.05) is 0 Å². The van der Waals surface area contributed by atoms with Crippen molar-refractivity contribution >= 4 is 17.8 Å². The number of aliphatic carboxylic acids is 1. The van der Waals surface area contributed by atoms with Gasteiger partial charge in [0.2, 0.25) is 11.8 Å². The molecule has 2 atom stereocenters. The summed E-state index contributed by atoms with van der Waals surface area (Å²) in [6.07, 6.45) is 0. The van der Waals surface area contributed by atoms with Crippen molar-refractivity contribution in [2.24, 2.45) is 11.5 Å². The molecule has 0 bridgehead atoms. The number of carbonyl (C=O) groups is 3. The zero-order valence-corrected chi connectivity index (χ0v) is 15.9. The summed E-state index contributed by atoms with van der Waals surface area (Å²) in [5, 5.41) is 9.44. The molecule has 0 aromatic carbocycles. The van der Waals surface area contributed by atoms with Gasteiger partial charge in [-0.15, -0.1) is 0 Å². The highest BCUT2D eigenvalue weighted by atomic mass is 16.5. The van der Waals surface area contributed by atoms with Gasteiger partial charge in [0.25, 0.3) is 0 Å². The van der Waals surface area contributed by atoms with E-state index >= 15 is 0 Å². The molecule has 0 unspecified atom stereocenters. The van der Waals surface area contributed by atoms with E-state index in [2.05, 4.69) is 0 Å². The lowest BCUT2D eigenvalue weighted by Gasteiger charge is -2.31. The third-order valence-corrected chi connectivity index (χ3v) is 2.96. The van der Waals surface area contributed by atoms with Crippen LogP contribution in [0.2, 0.25) is 0 Å². The van der Waals surface area contributed by atoms with Crippen molar-refractivity contribution in [3.63, 3.8) is 0 Å². The molecule has 0 rings (SSSR count). The van der Waals surface area contributed by atoms with E-state index in [9.17, 15) is 19.5 Å². The van der Waals surface area contributed by atoms with Crippen LogP contribution in [-0.4, -0.2) is 70.8 Å². The Labute approximate surface area is 148 Å². The molecule has 0 aliphatic heterocycles. The Kier molecular flexibility index (Phi) is 8.66. The number of carbonyl (C=O) groups excluding carboxylic acids is 2. The molecule has 0 spiro atoms. The molecule has 25 heavy (non-hydrogen) atoms. The van der Waals surface area contributed by atoms with Crippen molar-refractivity contribution in [2.75, 3.05) is 19.8 Å². The highest BCUT2D eigenvalue weighted by Gasteiger charge is 2.38. The van der Waals surface area contributed by atoms with Crippen molar-refractivity contribution in [1.29, 1.82) is 0 Å². The van der Waals surface area contributed by atoms with Crippen molar-refractivity contribution < 1.29 is 29.0 Å². The summed E-state index contributed by atoms with van der Waals surface area (Å²) in [6.45, 7) is 9.46. The van der Waals surface area contributed by atoms with Crippen LogP contribution in [-0.2, 0) is 23.9 Å². The molecule has 0 aliphatic carbocycles. The zero-order valence-electron chi connectivity index (χ0n) is 15.9. The minimum absolute atomic E-state index is 0.164. The van der Waals surface area contributed by atoms with Crippen LogP contribution in [0, 0.1) is 0 Å². The van der Waals surface area contributed by atoms with Crippen LogP contribution in [0.15, 0.2) is 0 Å². The largest absolute Gasteiger partial charge is 0.480 e. The minimum Gasteiger partial charge on any atom is -0.480 e. The number of nitrogens with two attached hydrogens (primary N) is 2. The average Bonchev–Trinajstić information content (AvgIpc) is 2.45.